The van der Waals surface area contributed by atoms with Crippen molar-refractivity contribution in [2.75, 3.05) is 0 Å². The van der Waals surface area contributed by atoms with Gasteiger partial charge in [-0.15, -0.1) is 0 Å². The number of benzene rings is 3. The van der Waals surface area contributed by atoms with Crippen molar-refractivity contribution in [2.24, 2.45) is 0 Å². The van der Waals surface area contributed by atoms with Crippen LogP contribution in [0.25, 0.3) is 0 Å². The summed E-state index contributed by atoms with van der Waals surface area (Å²) in [5, 5.41) is 0. The molecule has 0 nitrogen and oxygen atoms in total. The van der Waals surface area contributed by atoms with Gasteiger partial charge in [-0.25, -0.2) is 0 Å². The van der Waals surface area contributed by atoms with Gasteiger partial charge in [-0.05, 0) is 0 Å². The fourth-order valence-electron chi connectivity index (χ4n) is 2.45. The zero-order valence-electron chi connectivity index (χ0n) is 12.4. The van der Waals surface area contributed by atoms with Crippen LogP contribution >= 0.6 is 0 Å². The van der Waals surface area contributed by atoms with Crippen LogP contribution in [-0.2, 0) is 0 Å². The van der Waals surface area contributed by atoms with E-state index in [1.807, 2.05) is 0 Å². The molecular formula is C18H9BiF6. The summed E-state index contributed by atoms with van der Waals surface area (Å²) in [6, 6.07) is 8.18. The molecule has 0 aliphatic carbocycles. The maximum atomic E-state index is 13.6. The molecule has 3 aromatic carbocycles. The second-order valence-electron chi connectivity index (χ2n) is 5.22. The summed E-state index contributed by atoms with van der Waals surface area (Å²) in [6.07, 6.45) is 0. The summed E-state index contributed by atoms with van der Waals surface area (Å²) >= 11 is -3.73. The molecule has 0 N–H and O–H groups in total. The summed E-state index contributed by atoms with van der Waals surface area (Å²) < 4.78 is 82.3. The number of halogens is 6. The van der Waals surface area contributed by atoms with Crippen LogP contribution < -0.4 is 9.81 Å². The molecule has 25 heavy (non-hydrogen) atoms. The molecule has 0 saturated carbocycles. The summed E-state index contributed by atoms with van der Waals surface area (Å²) in [5.41, 5.74) is 0. The van der Waals surface area contributed by atoms with E-state index in [0.29, 0.717) is 18.2 Å². The first-order chi connectivity index (χ1) is 11.8. The van der Waals surface area contributed by atoms with Gasteiger partial charge in [0.2, 0.25) is 0 Å². The van der Waals surface area contributed by atoms with Gasteiger partial charge >= 0.3 is 147 Å². The van der Waals surface area contributed by atoms with Crippen LogP contribution in [0.15, 0.2) is 54.6 Å². The molecular weight excluding hydrogens is 539 g/mol. The van der Waals surface area contributed by atoms with Crippen molar-refractivity contribution in [2.45, 2.75) is 0 Å². The molecule has 3 aromatic rings. The van der Waals surface area contributed by atoms with Gasteiger partial charge in [0.15, 0.2) is 0 Å². The van der Waals surface area contributed by atoms with Gasteiger partial charge in [0.1, 0.15) is 0 Å². The van der Waals surface area contributed by atoms with Gasteiger partial charge in [-0.2, -0.15) is 0 Å². The zero-order chi connectivity index (χ0) is 18.1. The van der Waals surface area contributed by atoms with E-state index in [1.54, 1.807) is 0 Å². The molecule has 0 fully saturated rings. The van der Waals surface area contributed by atoms with Crippen LogP contribution in [-0.4, -0.2) is 21.8 Å². The molecule has 0 radical (unpaired) electrons. The van der Waals surface area contributed by atoms with E-state index < -0.39 is 56.7 Å². The van der Waals surface area contributed by atoms with Crippen LogP contribution in [0.4, 0.5) is 26.3 Å². The van der Waals surface area contributed by atoms with Crippen LogP contribution in [0.5, 0.6) is 0 Å². The first-order valence-electron chi connectivity index (χ1n) is 7.00. The number of hydrogen-bond acceptors (Lipinski definition) is 0. The van der Waals surface area contributed by atoms with Crippen LogP contribution in [0, 0.1) is 34.9 Å². The Morgan fingerprint density at radius 3 is 0.760 bits per heavy atom. The average molecular weight is 548 g/mol. The second-order valence-corrected chi connectivity index (χ2v) is 13.8. The second kappa shape index (κ2) is 7.16. The SMILES string of the molecule is Fc1cc(F)c[c]([Bi]([c]2cc(F)cc(F)c2)[c]2cc(F)cc(F)c2)c1. The fraction of sp³-hybridized carbons (Fsp3) is 0. The minimum atomic E-state index is -3.73. The van der Waals surface area contributed by atoms with Crippen molar-refractivity contribution in [1.29, 1.82) is 0 Å². The summed E-state index contributed by atoms with van der Waals surface area (Å²) in [4.78, 5) is 0. The third kappa shape index (κ3) is 4.21. The van der Waals surface area contributed by atoms with E-state index in [0.717, 1.165) is 36.4 Å². The Balaban J connectivity index is 2.27. The summed E-state index contributed by atoms with van der Waals surface area (Å²) in [6.45, 7) is 0. The van der Waals surface area contributed by atoms with Crippen molar-refractivity contribution in [1.82, 2.24) is 0 Å². The normalized spacial score (nSPS) is 11.2. The van der Waals surface area contributed by atoms with Gasteiger partial charge < -0.3 is 0 Å². The summed E-state index contributed by atoms with van der Waals surface area (Å²) in [7, 11) is 0. The van der Waals surface area contributed by atoms with Crippen LogP contribution in [0.3, 0.4) is 0 Å². The number of hydrogen-bond donors (Lipinski definition) is 0. The Hall–Kier alpha value is -1.88. The maximum absolute atomic E-state index is 13.6. The average Bonchev–Trinajstić information content (AvgIpc) is 2.44. The van der Waals surface area contributed by atoms with E-state index in [9.17, 15) is 26.3 Å². The molecule has 0 amide bonds. The summed E-state index contributed by atoms with van der Waals surface area (Å²) in [5.74, 6) is -5.23. The van der Waals surface area contributed by atoms with Crippen molar-refractivity contribution in [3.05, 3.63) is 89.5 Å². The molecule has 0 bridgehead atoms. The van der Waals surface area contributed by atoms with Gasteiger partial charge in [-0.3, -0.25) is 0 Å². The monoisotopic (exact) mass is 548 g/mol. The predicted molar refractivity (Wildman–Crippen MR) is 83.7 cm³/mol. The van der Waals surface area contributed by atoms with Gasteiger partial charge in [0.25, 0.3) is 0 Å². The molecule has 0 unspecified atom stereocenters. The Morgan fingerprint density at radius 1 is 0.360 bits per heavy atom. The molecule has 128 valence electrons. The van der Waals surface area contributed by atoms with E-state index in [1.165, 1.54) is 0 Å². The Morgan fingerprint density at radius 2 is 0.560 bits per heavy atom. The third-order valence-corrected chi connectivity index (χ3v) is 12.4. The molecule has 7 heteroatoms. The molecule has 0 aromatic heterocycles. The van der Waals surface area contributed by atoms with Gasteiger partial charge in [-0.1, -0.05) is 0 Å². The Bertz CT molecular complexity index is 758. The fourth-order valence-corrected chi connectivity index (χ4v) is 11.8. The molecule has 0 heterocycles. The van der Waals surface area contributed by atoms with Crippen molar-refractivity contribution < 1.29 is 26.3 Å². The van der Waals surface area contributed by atoms with E-state index in [2.05, 4.69) is 0 Å². The van der Waals surface area contributed by atoms with Crippen LogP contribution in [0.2, 0.25) is 0 Å². The minimum absolute atomic E-state index is 0.169. The molecule has 0 saturated heterocycles. The quantitative estimate of drug-likeness (QED) is 0.349. The Labute approximate surface area is 147 Å². The standard InChI is InChI=1S/3C6H3F2.Bi/c3*7-5-2-1-3-6(8)4-5;/h3*2-4H;. The van der Waals surface area contributed by atoms with Crippen molar-refractivity contribution >= 4 is 31.6 Å². The third-order valence-electron chi connectivity index (χ3n) is 3.32. The molecule has 3 rings (SSSR count). The molecule has 0 aliphatic heterocycles. The molecule has 0 aliphatic rings. The van der Waals surface area contributed by atoms with E-state index >= 15 is 0 Å². The first kappa shape index (κ1) is 17.9. The van der Waals surface area contributed by atoms with E-state index in [-0.39, 0.29) is 9.81 Å². The molecule has 0 spiro atoms. The van der Waals surface area contributed by atoms with Crippen molar-refractivity contribution in [3.8, 4) is 0 Å². The predicted octanol–water partition coefficient (Wildman–Crippen LogP) is 3.04. The first-order valence-corrected chi connectivity index (χ1v) is 12.2. The van der Waals surface area contributed by atoms with Crippen molar-refractivity contribution in [3.63, 3.8) is 0 Å². The van der Waals surface area contributed by atoms with Gasteiger partial charge in [0.05, 0.1) is 0 Å². The Kier molecular flexibility index (Phi) is 5.14. The topological polar surface area (TPSA) is 0 Å². The van der Waals surface area contributed by atoms with Crippen LogP contribution in [0.1, 0.15) is 0 Å². The van der Waals surface area contributed by atoms with E-state index in [4.69, 9.17) is 0 Å². The van der Waals surface area contributed by atoms with Gasteiger partial charge in [0, 0.05) is 0 Å². The molecule has 0 atom stereocenters. The zero-order valence-corrected chi connectivity index (χ0v) is 15.9. The number of rotatable bonds is 3.